The zero-order valence-corrected chi connectivity index (χ0v) is 10.7. The highest BCUT2D eigenvalue weighted by Crippen LogP contribution is 2.03. The van der Waals surface area contributed by atoms with Gasteiger partial charge < -0.3 is 10.1 Å². The lowest BCUT2D eigenvalue weighted by molar-refractivity contribution is -0.137. The lowest BCUT2D eigenvalue weighted by atomic mass is 10.3. The molecule has 0 aliphatic carbocycles. The summed E-state index contributed by atoms with van der Waals surface area (Å²) in [5, 5.41) is 2.57. The quantitative estimate of drug-likeness (QED) is 0.451. The van der Waals surface area contributed by atoms with E-state index in [1.54, 1.807) is 0 Å². The van der Waals surface area contributed by atoms with E-state index in [0.29, 0.717) is 0 Å². The number of hydrogen-bond acceptors (Lipinski definition) is 5. The maximum absolute atomic E-state index is 11.4. The molecule has 0 unspecified atom stereocenters. The standard InChI is InChI=1S/C12H16N2O5/c1-9(15)8-19-7-5-13-10(16)4-6-14-11(17)2-3-12(14)18/h2-3H,4-8H2,1H3,(H,13,16). The summed E-state index contributed by atoms with van der Waals surface area (Å²) < 4.78 is 4.96. The SMILES string of the molecule is CC(=O)COCCNC(=O)CCN1C(=O)C=CC1=O. The number of carbonyl (C=O) groups excluding carboxylic acids is 4. The van der Waals surface area contributed by atoms with Crippen LogP contribution < -0.4 is 5.32 Å². The summed E-state index contributed by atoms with van der Waals surface area (Å²) >= 11 is 0. The predicted molar refractivity (Wildman–Crippen MR) is 65.0 cm³/mol. The van der Waals surface area contributed by atoms with Crippen molar-refractivity contribution in [3.63, 3.8) is 0 Å². The third-order valence-corrected chi connectivity index (χ3v) is 2.34. The fraction of sp³-hybridized carbons (Fsp3) is 0.500. The Kier molecular flexibility index (Phi) is 5.87. The highest BCUT2D eigenvalue weighted by Gasteiger charge is 2.23. The van der Waals surface area contributed by atoms with Crippen LogP contribution in [-0.4, -0.2) is 54.7 Å². The Morgan fingerprint density at radius 1 is 1.26 bits per heavy atom. The molecule has 1 rings (SSSR count). The number of ketones is 1. The van der Waals surface area contributed by atoms with Gasteiger partial charge >= 0.3 is 0 Å². The molecule has 104 valence electrons. The van der Waals surface area contributed by atoms with E-state index in [1.807, 2.05) is 0 Å². The number of hydrogen-bond donors (Lipinski definition) is 1. The molecule has 19 heavy (non-hydrogen) atoms. The van der Waals surface area contributed by atoms with Crippen LogP contribution >= 0.6 is 0 Å². The fourth-order valence-electron chi connectivity index (χ4n) is 1.43. The second kappa shape index (κ2) is 7.42. The Morgan fingerprint density at radius 3 is 2.47 bits per heavy atom. The van der Waals surface area contributed by atoms with E-state index in [0.717, 1.165) is 4.90 Å². The van der Waals surface area contributed by atoms with E-state index in [-0.39, 0.29) is 44.4 Å². The number of nitrogens with zero attached hydrogens (tertiary/aromatic N) is 1. The zero-order valence-electron chi connectivity index (χ0n) is 10.7. The number of rotatable bonds is 8. The molecule has 0 radical (unpaired) electrons. The van der Waals surface area contributed by atoms with Crippen LogP contribution in [0.15, 0.2) is 12.2 Å². The highest BCUT2D eigenvalue weighted by atomic mass is 16.5. The van der Waals surface area contributed by atoms with Crippen LogP contribution in [0.3, 0.4) is 0 Å². The second-order valence-electron chi connectivity index (χ2n) is 4.02. The fourth-order valence-corrected chi connectivity index (χ4v) is 1.43. The first-order valence-electron chi connectivity index (χ1n) is 5.88. The first-order chi connectivity index (χ1) is 9.00. The van der Waals surface area contributed by atoms with Crippen molar-refractivity contribution in [3.8, 4) is 0 Å². The van der Waals surface area contributed by atoms with E-state index >= 15 is 0 Å². The molecule has 0 bridgehead atoms. The predicted octanol–water partition coefficient (Wildman–Crippen LogP) is -0.977. The third kappa shape index (κ3) is 5.43. The van der Waals surface area contributed by atoms with Crippen LogP contribution in [-0.2, 0) is 23.9 Å². The van der Waals surface area contributed by atoms with Gasteiger partial charge in [0.15, 0.2) is 5.78 Å². The van der Waals surface area contributed by atoms with Crippen molar-refractivity contribution in [1.29, 1.82) is 0 Å². The van der Waals surface area contributed by atoms with Gasteiger partial charge in [-0.1, -0.05) is 0 Å². The molecule has 0 aromatic heterocycles. The molecule has 0 atom stereocenters. The smallest absolute Gasteiger partial charge is 0.253 e. The molecule has 1 N–H and O–H groups in total. The van der Waals surface area contributed by atoms with Crippen LogP contribution in [0.5, 0.6) is 0 Å². The summed E-state index contributed by atoms with van der Waals surface area (Å²) in [6.07, 6.45) is 2.40. The summed E-state index contributed by atoms with van der Waals surface area (Å²) in [6, 6.07) is 0. The molecular formula is C12H16N2O5. The molecule has 0 saturated heterocycles. The average Bonchev–Trinajstić information content (AvgIpc) is 2.66. The topological polar surface area (TPSA) is 92.8 Å². The van der Waals surface area contributed by atoms with Gasteiger partial charge in [0.2, 0.25) is 5.91 Å². The van der Waals surface area contributed by atoms with E-state index < -0.39 is 11.8 Å². The Hall–Kier alpha value is -2.02. The maximum atomic E-state index is 11.4. The van der Waals surface area contributed by atoms with Gasteiger partial charge in [-0.15, -0.1) is 0 Å². The number of nitrogens with one attached hydrogen (secondary N) is 1. The third-order valence-electron chi connectivity index (χ3n) is 2.34. The molecule has 0 aromatic carbocycles. The number of carbonyl (C=O) groups is 4. The first-order valence-corrected chi connectivity index (χ1v) is 5.88. The van der Waals surface area contributed by atoms with Crippen molar-refractivity contribution in [1.82, 2.24) is 10.2 Å². The Balaban J connectivity index is 2.10. The maximum Gasteiger partial charge on any atom is 0.253 e. The van der Waals surface area contributed by atoms with Crippen molar-refractivity contribution in [3.05, 3.63) is 12.2 Å². The van der Waals surface area contributed by atoms with Crippen LogP contribution in [0.4, 0.5) is 0 Å². The molecule has 1 aliphatic rings. The van der Waals surface area contributed by atoms with Crippen molar-refractivity contribution >= 4 is 23.5 Å². The van der Waals surface area contributed by atoms with Crippen LogP contribution in [0.1, 0.15) is 13.3 Å². The Morgan fingerprint density at radius 2 is 1.89 bits per heavy atom. The van der Waals surface area contributed by atoms with Crippen LogP contribution in [0, 0.1) is 0 Å². The van der Waals surface area contributed by atoms with Gasteiger partial charge in [0, 0.05) is 31.7 Å². The van der Waals surface area contributed by atoms with E-state index in [2.05, 4.69) is 5.32 Å². The molecule has 7 heteroatoms. The summed E-state index contributed by atoms with van der Waals surface area (Å²) in [7, 11) is 0. The lowest BCUT2D eigenvalue weighted by Crippen LogP contribution is -2.35. The Bertz CT molecular complexity index is 398. The van der Waals surface area contributed by atoms with Gasteiger partial charge in [-0.3, -0.25) is 24.1 Å². The van der Waals surface area contributed by atoms with Crippen molar-refractivity contribution in [2.24, 2.45) is 0 Å². The molecule has 0 saturated carbocycles. The molecule has 1 aliphatic heterocycles. The highest BCUT2D eigenvalue weighted by molar-refractivity contribution is 6.13. The summed E-state index contributed by atoms with van der Waals surface area (Å²) in [6.45, 7) is 2.03. The zero-order chi connectivity index (χ0) is 14.3. The molecular weight excluding hydrogens is 252 g/mol. The number of ether oxygens (including phenoxy) is 1. The van der Waals surface area contributed by atoms with Gasteiger partial charge in [0.25, 0.3) is 11.8 Å². The summed E-state index contributed by atoms with van der Waals surface area (Å²) in [4.78, 5) is 45.4. The van der Waals surface area contributed by atoms with Crippen molar-refractivity contribution < 1.29 is 23.9 Å². The second-order valence-corrected chi connectivity index (χ2v) is 4.02. The van der Waals surface area contributed by atoms with Crippen molar-refractivity contribution in [2.45, 2.75) is 13.3 Å². The van der Waals surface area contributed by atoms with Crippen molar-refractivity contribution in [2.75, 3.05) is 26.3 Å². The largest absolute Gasteiger partial charge is 0.372 e. The Labute approximate surface area is 110 Å². The van der Waals surface area contributed by atoms with Gasteiger partial charge in [0.1, 0.15) is 6.61 Å². The van der Waals surface area contributed by atoms with Gasteiger partial charge in [0.05, 0.1) is 6.61 Å². The minimum Gasteiger partial charge on any atom is -0.372 e. The number of imide groups is 1. The number of Topliss-reactive ketones (excluding diaryl/α,β-unsaturated/α-hetero) is 1. The molecule has 0 aromatic rings. The molecule has 0 spiro atoms. The van der Waals surface area contributed by atoms with E-state index in [1.165, 1.54) is 19.1 Å². The van der Waals surface area contributed by atoms with Gasteiger partial charge in [-0.25, -0.2) is 0 Å². The van der Waals surface area contributed by atoms with E-state index in [9.17, 15) is 19.2 Å². The van der Waals surface area contributed by atoms with Gasteiger partial charge in [-0.2, -0.15) is 0 Å². The molecule has 7 nitrogen and oxygen atoms in total. The van der Waals surface area contributed by atoms with Crippen LogP contribution in [0.2, 0.25) is 0 Å². The average molecular weight is 268 g/mol. The van der Waals surface area contributed by atoms with Gasteiger partial charge in [-0.05, 0) is 6.92 Å². The molecule has 0 fully saturated rings. The summed E-state index contributed by atoms with van der Waals surface area (Å²) in [5.41, 5.74) is 0. The lowest BCUT2D eigenvalue weighted by Gasteiger charge is -2.13. The minimum absolute atomic E-state index is 0.0261. The minimum atomic E-state index is -0.400. The summed E-state index contributed by atoms with van der Waals surface area (Å²) in [5.74, 6) is -1.16. The number of amides is 3. The van der Waals surface area contributed by atoms with Crippen LogP contribution in [0.25, 0.3) is 0 Å². The first kappa shape index (κ1) is 15.0. The normalized spacial score (nSPS) is 14.1. The molecule has 3 amide bonds. The molecule has 1 heterocycles. The monoisotopic (exact) mass is 268 g/mol. The van der Waals surface area contributed by atoms with E-state index in [4.69, 9.17) is 4.74 Å².